The van der Waals surface area contributed by atoms with E-state index < -0.39 is 0 Å². The molecule has 64 valence electrons. The van der Waals surface area contributed by atoms with E-state index in [1.165, 1.54) is 7.11 Å². The molecule has 3 heteroatoms. The van der Waals surface area contributed by atoms with Crippen molar-refractivity contribution in [1.29, 1.82) is 0 Å². The van der Waals surface area contributed by atoms with Gasteiger partial charge in [0.15, 0.2) is 0 Å². The van der Waals surface area contributed by atoms with E-state index >= 15 is 0 Å². The average Bonchev–Trinajstić information content (AvgIpc) is 2.03. The maximum absolute atomic E-state index is 10.8. The number of hydrogen-bond donors (Lipinski definition) is 1. The van der Waals surface area contributed by atoms with Crippen molar-refractivity contribution >= 4 is 5.97 Å². The third-order valence-electron chi connectivity index (χ3n) is 1.34. The minimum absolute atomic E-state index is 0.0834. The third kappa shape index (κ3) is 4.56. The first-order valence-electron chi connectivity index (χ1n) is 3.61. The van der Waals surface area contributed by atoms with Crippen LogP contribution in [0, 0.1) is 5.92 Å². The van der Waals surface area contributed by atoms with Gasteiger partial charge < -0.3 is 10.1 Å². The fourth-order valence-corrected chi connectivity index (χ4v) is 0.686. The standard InChI is InChI=1S/C8H15NO2/c1-4-5-9-6-7(2)8(10)11-3/h4,7,9H,1,5-6H2,2-3H3/t7-/m0/s1. The molecule has 0 aliphatic carbocycles. The Labute approximate surface area is 67.4 Å². The van der Waals surface area contributed by atoms with Crippen molar-refractivity contribution in [2.24, 2.45) is 5.92 Å². The molecule has 0 aromatic rings. The molecule has 1 N–H and O–H groups in total. The Kier molecular flexibility index (Phi) is 5.47. The van der Waals surface area contributed by atoms with Crippen LogP contribution in [0.4, 0.5) is 0 Å². The van der Waals surface area contributed by atoms with Crippen LogP contribution in [0.15, 0.2) is 12.7 Å². The van der Waals surface area contributed by atoms with Crippen LogP contribution < -0.4 is 5.32 Å². The zero-order valence-electron chi connectivity index (χ0n) is 7.09. The smallest absolute Gasteiger partial charge is 0.309 e. The van der Waals surface area contributed by atoms with Crippen LogP contribution in [0.25, 0.3) is 0 Å². The number of nitrogens with one attached hydrogen (secondary N) is 1. The molecular formula is C8H15NO2. The van der Waals surface area contributed by atoms with Crippen molar-refractivity contribution < 1.29 is 9.53 Å². The van der Waals surface area contributed by atoms with Crippen molar-refractivity contribution in [3.63, 3.8) is 0 Å². The van der Waals surface area contributed by atoms with Crippen LogP contribution in [0.1, 0.15) is 6.92 Å². The van der Waals surface area contributed by atoms with Gasteiger partial charge in [0.1, 0.15) is 0 Å². The molecule has 0 radical (unpaired) electrons. The van der Waals surface area contributed by atoms with Gasteiger partial charge in [-0.15, -0.1) is 6.58 Å². The Morgan fingerprint density at radius 2 is 2.45 bits per heavy atom. The van der Waals surface area contributed by atoms with E-state index in [1.807, 2.05) is 6.92 Å². The molecule has 0 fully saturated rings. The molecule has 11 heavy (non-hydrogen) atoms. The molecule has 0 aliphatic rings. The zero-order chi connectivity index (χ0) is 8.69. The largest absolute Gasteiger partial charge is 0.469 e. The van der Waals surface area contributed by atoms with E-state index in [1.54, 1.807) is 6.08 Å². The molecule has 0 saturated carbocycles. The molecule has 3 nitrogen and oxygen atoms in total. The number of carbonyl (C=O) groups excluding carboxylic acids is 1. The molecule has 0 aliphatic heterocycles. The fraction of sp³-hybridized carbons (Fsp3) is 0.625. The summed E-state index contributed by atoms with van der Waals surface area (Å²) in [6.45, 7) is 6.73. The summed E-state index contributed by atoms with van der Waals surface area (Å²) in [5, 5.41) is 3.03. The monoisotopic (exact) mass is 157 g/mol. The number of ether oxygens (including phenoxy) is 1. The molecule has 0 bridgehead atoms. The topological polar surface area (TPSA) is 38.3 Å². The van der Waals surface area contributed by atoms with Crippen molar-refractivity contribution in [3.05, 3.63) is 12.7 Å². The Morgan fingerprint density at radius 1 is 1.82 bits per heavy atom. The Bertz CT molecular complexity index is 134. The van der Waals surface area contributed by atoms with E-state index in [4.69, 9.17) is 0 Å². The minimum atomic E-state index is -0.179. The Balaban J connectivity index is 3.43. The summed E-state index contributed by atoms with van der Waals surface area (Å²) >= 11 is 0. The summed E-state index contributed by atoms with van der Waals surface area (Å²) in [6.07, 6.45) is 1.75. The third-order valence-corrected chi connectivity index (χ3v) is 1.34. The molecule has 0 aromatic carbocycles. The summed E-state index contributed by atoms with van der Waals surface area (Å²) in [4.78, 5) is 10.8. The van der Waals surface area contributed by atoms with Gasteiger partial charge in [-0.1, -0.05) is 13.0 Å². The van der Waals surface area contributed by atoms with Gasteiger partial charge in [0, 0.05) is 13.1 Å². The quantitative estimate of drug-likeness (QED) is 0.360. The first-order chi connectivity index (χ1) is 5.22. The molecule has 1 atom stereocenters. The number of methoxy groups -OCH3 is 1. The van der Waals surface area contributed by atoms with Crippen LogP contribution >= 0.6 is 0 Å². The zero-order valence-corrected chi connectivity index (χ0v) is 7.09. The maximum Gasteiger partial charge on any atom is 0.309 e. The fourth-order valence-electron chi connectivity index (χ4n) is 0.686. The SMILES string of the molecule is C=CCNC[C@H](C)C(=O)OC. The van der Waals surface area contributed by atoms with E-state index in [9.17, 15) is 4.79 Å². The second-order valence-corrected chi connectivity index (χ2v) is 2.37. The van der Waals surface area contributed by atoms with Crippen molar-refractivity contribution in [3.8, 4) is 0 Å². The molecule has 0 spiro atoms. The average molecular weight is 157 g/mol. The van der Waals surface area contributed by atoms with Gasteiger partial charge >= 0.3 is 5.97 Å². The molecule has 0 amide bonds. The van der Waals surface area contributed by atoms with E-state index in [0.29, 0.717) is 6.54 Å². The Morgan fingerprint density at radius 3 is 2.91 bits per heavy atom. The summed E-state index contributed by atoms with van der Waals surface area (Å²) in [7, 11) is 1.40. The molecule has 0 saturated heterocycles. The van der Waals surface area contributed by atoms with Gasteiger partial charge in [-0.3, -0.25) is 4.79 Å². The van der Waals surface area contributed by atoms with Crippen molar-refractivity contribution in [1.82, 2.24) is 5.32 Å². The summed E-state index contributed by atoms with van der Waals surface area (Å²) in [5.41, 5.74) is 0. The second-order valence-electron chi connectivity index (χ2n) is 2.37. The number of hydrogen-bond acceptors (Lipinski definition) is 3. The van der Waals surface area contributed by atoms with Crippen LogP contribution in [0.2, 0.25) is 0 Å². The highest BCUT2D eigenvalue weighted by atomic mass is 16.5. The second kappa shape index (κ2) is 5.92. The predicted molar refractivity (Wildman–Crippen MR) is 44.2 cm³/mol. The van der Waals surface area contributed by atoms with E-state index in [0.717, 1.165) is 6.54 Å². The highest BCUT2D eigenvalue weighted by molar-refractivity contribution is 5.71. The lowest BCUT2D eigenvalue weighted by atomic mass is 10.2. The normalized spacial score (nSPS) is 12.2. The molecule has 0 rings (SSSR count). The molecule has 0 heterocycles. The summed E-state index contributed by atoms with van der Waals surface area (Å²) in [5.74, 6) is -0.262. The van der Waals surface area contributed by atoms with Gasteiger partial charge in [0.25, 0.3) is 0 Å². The van der Waals surface area contributed by atoms with Crippen LogP contribution in [-0.2, 0) is 9.53 Å². The lowest BCUT2D eigenvalue weighted by Gasteiger charge is -2.08. The highest BCUT2D eigenvalue weighted by Crippen LogP contribution is 1.94. The van der Waals surface area contributed by atoms with Gasteiger partial charge in [-0.25, -0.2) is 0 Å². The van der Waals surface area contributed by atoms with Gasteiger partial charge in [0.05, 0.1) is 13.0 Å². The van der Waals surface area contributed by atoms with Crippen LogP contribution in [0.3, 0.4) is 0 Å². The minimum Gasteiger partial charge on any atom is -0.469 e. The predicted octanol–water partition coefficient (Wildman–Crippen LogP) is 0.571. The number of carbonyl (C=O) groups is 1. The van der Waals surface area contributed by atoms with Crippen molar-refractivity contribution in [2.45, 2.75) is 6.92 Å². The van der Waals surface area contributed by atoms with Gasteiger partial charge in [-0.05, 0) is 0 Å². The molecule has 0 unspecified atom stereocenters. The highest BCUT2D eigenvalue weighted by Gasteiger charge is 2.10. The molecular weight excluding hydrogens is 142 g/mol. The lowest BCUT2D eigenvalue weighted by molar-refractivity contribution is -0.144. The van der Waals surface area contributed by atoms with E-state index in [2.05, 4.69) is 16.6 Å². The lowest BCUT2D eigenvalue weighted by Crippen LogP contribution is -2.27. The Hall–Kier alpha value is -0.830. The van der Waals surface area contributed by atoms with Gasteiger partial charge in [0.2, 0.25) is 0 Å². The number of esters is 1. The molecule has 0 aromatic heterocycles. The maximum atomic E-state index is 10.8. The van der Waals surface area contributed by atoms with Crippen LogP contribution in [-0.4, -0.2) is 26.2 Å². The van der Waals surface area contributed by atoms with Gasteiger partial charge in [-0.2, -0.15) is 0 Å². The summed E-state index contributed by atoms with van der Waals surface area (Å²) < 4.78 is 4.54. The van der Waals surface area contributed by atoms with Crippen molar-refractivity contribution in [2.75, 3.05) is 20.2 Å². The van der Waals surface area contributed by atoms with E-state index in [-0.39, 0.29) is 11.9 Å². The first-order valence-corrected chi connectivity index (χ1v) is 3.61. The first kappa shape index (κ1) is 10.2. The van der Waals surface area contributed by atoms with Crippen LogP contribution in [0.5, 0.6) is 0 Å². The number of rotatable bonds is 5. The summed E-state index contributed by atoms with van der Waals surface area (Å²) in [6, 6.07) is 0.